The van der Waals surface area contributed by atoms with Crippen molar-refractivity contribution in [2.24, 2.45) is 0 Å². The van der Waals surface area contributed by atoms with Gasteiger partial charge in [-0.05, 0) is 26.1 Å². The van der Waals surface area contributed by atoms with E-state index in [1.54, 1.807) is 0 Å². The summed E-state index contributed by atoms with van der Waals surface area (Å²) in [5, 5.41) is 3.36. The smallest absolute Gasteiger partial charge is 0.00727 e. The second-order valence-electron chi connectivity index (χ2n) is 3.16. The monoisotopic (exact) mass is 188 g/mol. The van der Waals surface area contributed by atoms with Crippen LogP contribution >= 0.6 is 11.8 Å². The summed E-state index contributed by atoms with van der Waals surface area (Å²) in [6.45, 7) is 8.34. The lowest BCUT2D eigenvalue weighted by molar-refractivity contribution is 0.297. The predicted octanol–water partition coefficient (Wildman–Crippen LogP) is 1.03. The Kier molecular flexibility index (Phi) is 5.82. The molecule has 72 valence electrons. The van der Waals surface area contributed by atoms with Crippen molar-refractivity contribution in [3.05, 3.63) is 0 Å². The van der Waals surface area contributed by atoms with Gasteiger partial charge in [-0.1, -0.05) is 6.92 Å². The summed E-state index contributed by atoms with van der Waals surface area (Å²) < 4.78 is 0. The Morgan fingerprint density at radius 2 is 2.08 bits per heavy atom. The summed E-state index contributed by atoms with van der Waals surface area (Å²) >= 11 is 2.09. The molecule has 0 aromatic rings. The van der Waals surface area contributed by atoms with Gasteiger partial charge in [0.05, 0.1) is 0 Å². The highest BCUT2D eigenvalue weighted by Gasteiger charge is 2.08. The zero-order valence-electron chi connectivity index (χ0n) is 8.01. The van der Waals surface area contributed by atoms with Gasteiger partial charge in [0.1, 0.15) is 0 Å². The molecule has 1 aliphatic rings. The van der Waals surface area contributed by atoms with Crippen molar-refractivity contribution in [3.63, 3.8) is 0 Å². The molecule has 0 radical (unpaired) electrons. The van der Waals surface area contributed by atoms with E-state index in [2.05, 4.69) is 28.9 Å². The number of hydrogen-bond donors (Lipinski definition) is 1. The van der Waals surface area contributed by atoms with Crippen LogP contribution in [0.15, 0.2) is 0 Å². The lowest BCUT2D eigenvalue weighted by Crippen LogP contribution is -2.34. The van der Waals surface area contributed by atoms with Gasteiger partial charge in [-0.15, -0.1) is 0 Å². The summed E-state index contributed by atoms with van der Waals surface area (Å²) in [5.41, 5.74) is 0. The van der Waals surface area contributed by atoms with Gasteiger partial charge in [0.15, 0.2) is 0 Å². The van der Waals surface area contributed by atoms with E-state index in [0.29, 0.717) is 0 Å². The molecule has 1 N–H and O–H groups in total. The van der Waals surface area contributed by atoms with Crippen LogP contribution in [0.3, 0.4) is 0 Å². The molecule has 0 bridgehead atoms. The van der Waals surface area contributed by atoms with Gasteiger partial charge in [0.2, 0.25) is 0 Å². The molecule has 1 fully saturated rings. The Bertz CT molecular complexity index is 103. The molecule has 2 nitrogen and oxygen atoms in total. The second kappa shape index (κ2) is 6.75. The predicted molar refractivity (Wildman–Crippen MR) is 56.9 cm³/mol. The summed E-state index contributed by atoms with van der Waals surface area (Å²) in [4.78, 5) is 2.58. The normalized spacial score (nSPS) is 19.8. The van der Waals surface area contributed by atoms with Gasteiger partial charge in [-0.2, -0.15) is 11.8 Å². The molecular weight excluding hydrogens is 168 g/mol. The lowest BCUT2D eigenvalue weighted by Gasteiger charge is -2.25. The first-order valence-electron chi connectivity index (χ1n) is 4.94. The third kappa shape index (κ3) is 4.33. The van der Waals surface area contributed by atoms with E-state index >= 15 is 0 Å². The molecule has 1 rings (SSSR count). The van der Waals surface area contributed by atoms with Gasteiger partial charge in [0, 0.05) is 24.6 Å². The highest BCUT2D eigenvalue weighted by Crippen LogP contribution is 2.08. The molecule has 1 heterocycles. The van der Waals surface area contributed by atoms with E-state index in [0.717, 1.165) is 6.54 Å². The molecule has 0 atom stereocenters. The number of nitrogens with zero attached hydrogens (tertiary/aromatic N) is 1. The Morgan fingerprint density at radius 3 is 2.75 bits per heavy atom. The third-order valence-electron chi connectivity index (χ3n) is 2.18. The van der Waals surface area contributed by atoms with Crippen molar-refractivity contribution < 1.29 is 0 Å². The summed E-state index contributed by atoms with van der Waals surface area (Å²) in [5.74, 6) is 2.67. The standard InChI is InChI=1S/C9H20N2S/c1-2-10-4-3-5-11-6-8-12-9-7-11/h10H,2-9H2,1H3. The molecule has 0 saturated carbocycles. The maximum atomic E-state index is 3.36. The fourth-order valence-electron chi connectivity index (χ4n) is 1.43. The van der Waals surface area contributed by atoms with E-state index in [1.807, 2.05) is 0 Å². The molecule has 1 aliphatic heterocycles. The molecule has 0 spiro atoms. The van der Waals surface area contributed by atoms with E-state index in [4.69, 9.17) is 0 Å². The van der Waals surface area contributed by atoms with Crippen LogP contribution in [0.5, 0.6) is 0 Å². The SMILES string of the molecule is CCNCCCN1CCSCC1. The maximum Gasteiger partial charge on any atom is 0.00727 e. The fraction of sp³-hybridized carbons (Fsp3) is 1.00. The number of thioether (sulfide) groups is 1. The van der Waals surface area contributed by atoms with E-state index in [-0.39, 0.29) is 0 Å². The van der Waals surface area contributed by atoms with Crippen LogP contribution in [0.1, 0.15) is 13.3 Å². The van der Waals surface area contributed by atoms with Crippen LogP contribution in [0.4, 0.5) is 0 Å². The van der Waals surface area contributed by atoms with Crippen molar-refractivity contribution in [3.8, 4) is 0 Å². The molecule has 3 heteroatoms. The Labute approximate surface area is 80.1 Å². The Hall–Kier alpha value is 0.270. The minimum absolute atomic E-state index is 1.11. The first kappa shape index (κ1) is 10.4. The van der Waals surface area contributed by atoms with Crippen LogP contribution < -0.4 is 5.32 Å². The van der Waals surface area contributed by atoms with Gasteiger partial charge < -0.3 is 10.2 Å². The first-order valence-corrected chi connectivity index (χ1v) is 6.09. The average molecular weight is 188 g/mol. The summed E-state index contributed by atoms with van der Waals surface area (Å²) in [6, 6.07) is 0. The molecule has 1 saturated heterocycles. The topological polar surface area (TPSA) is 15.3 Å². The molecule has 0 aromatic heterocycles. The molecule has 0 amide bonds. The van der Waals surface area contributed by atoms with Gasteiger partial charge in [0.25, 0.3) is 0 Å². The third-order valence-corrected chi connectivity index (χ3v) is 3.12. The molecule has 0 unspecified atom stereocenters. The summed E-state index contributed by atoms with van der Waals surface area (Å²) in [6.07, 6.45) is 1.30. The maximum absolute atomic E-state index is 3.36. The lowest BCUT2D eigenvalue weighted by atomic mass is 10.3. The van der Waals surface area contributed by atoms with Gasteiger partial charge in [-0.25, -0.2) is 0 Å². The summed E-state index contributed by atoms with van der Waals surface area (Å²) in [7, 11) is 0. The largest absolute Gasteiger partial charge is 0.317 e. The van der Waals surface area contributed by atoms with E-state index in [1.165, 1.54) is 44.1 Å². The molecule has 0 aliphatic carbocycles. The Morgan fingerprint density at radius 1 is 1.33 bits per heavy atom. The highest BCUT2D eigenvalue weighted by atomic mass is 32.2. The Balaban J connectivity index is 1.91. The molecular formula is C9H20N2S. The number of rotatable bonds is 5. The minimum atomic E-state index is 1.11. The molecule has 0 aromatic carbocycles. The highest BCUT2D eigenvalue weighted by molar-refractivity contribution is 7.99. The van der Waals surface area contributed by atoms with Crippen LogP contribution in [-0.2, 0) is 0 Å². The number of hydrogen-bond acceptors (Lipinski definition) is 3. The van der Waals surface area contributed by atoms with Gasteiger partial charge >= 0.3 is 0 Å². The second-order valence-corrected chi connectivity index (χ2v) is 4.39. The van der Waals surface area contributed by atoms with Crippen LogP contribution in [0.25, 0.3) is 0 Å². The molecule has 12 heavy (non-hydrogen) atoms. The van der Waals surface area contributed by atoms with Gasteiger partial charge in [-0.3, -0.25) is 0 Å². The zero-order chi connectivity index (χ0) is 8.65. The fourth-order valence-corrected chi connectivity index (χ4v) is 2.41. The number of nitrogens with one attached hydrogen (secondary N) is 1. The zero-order valence-corrected chi connectivity index (χ0v) is 8.83. The van der Waals surface area contributed by atoms with Crippen LogP contribution in [0.2, 0.25) is 0 Å². The first-order chi connectivity index (χ1) is 5.93. The van der Waals surface area contributed by atoms with Crippen LogP contribution in [0, 0.1) is 0 Å². The quantitative estimate of drug-likeness (QED) is 0.649. The average Bonchev–Trinajstić information content (AvgIpc) is 2.14. The van der Waals surface area contributed by atoms with Crippen molar-refractivity contribution in [2.45, 2.75) is 13.3 Å². The van der Waals surface area contributed by atoms with Crippen molar-refractivity contribution in [1.82, 2.24) is 10.2 Å². The van der Waals surface area contributed by atoms with E-state index < -0.39 is 0 Å². The van der Waals surface area contributed by atoms with Crippen molar-refractivity contribution >= 4 is 11.8 Å². The van der Waals surface area contributed by atoms with Crippen molar-refractivity contribution in [2.75, 3.05) is 44.2 Å². The van der Waals surface area contributed by atoms with Crippen molar-refractivity contribution in [1.29, 1.82) is 0 Å². The van der Waals surface area contributed by atoms with Crippen LogP contribution in [-0.4, -0.2) is 49.1 Å². The minimum Gasteiger partial charge on any atom is -0.317 e. The van der Waals surface area contributed by atoms with E-state index in [9.17, 15) is 0 Å².